The van der Waals surface area contributed by atoms with E-state index in [0.717, 1.165) is 16.7 Å². The monoisotopic (exact) mass is 467 g/mol. The number of β-lactam (4-membered cyclic amide) rings is 1. The summed E-state index contributed by atoms with van der Waals surface area (Å²) in [7, 11) is 0. The van der Waals surface area contributed by atoms with E-state index in [2.05, 4.69) is 10.5 Å². The van der Waals surface area contributed by atoms with Crippen molar-refractivity contribution in [1.82, 2.24) is 10.2 Å². The topological polar surface area (TPSA) is 135 Å². The molecule has 0 bridgehead atoms. The van der Waals surface area contributed by atoms with Crippen LogP contribution in [0.5, 0.6) is 0 Å². The predicted octanol–water partition coefficient (Wildman–Crippen LogP) is 1.14. The van der Waals surface area contributed by atoms with Gasteiger partial charge in [-0.25, -0.2) is 4.79 Å². The van der Waals surface area contributed by atoms with Gasteiger partial charge in [-0.05, 0) is 17.7 Å². The van der Waals surface area contributed by atoms with Crippen LogP contribution < -0.4 is 5.32 Å². The fraction of sp³-hybridized carbons (Fsp3) is 0.316. The number of carbonyl (C=O) groups excluding carboxylic acids is 3. The number of esters is 1. The summed E-state index contributed by atoms with van der Waals surface area (Å²) in [5.74, 6) is -2.83. The first kappa shape index (κ1) is 22.6. The molecule has 12 heteroatoms. The normalized spacial score (nSPS) is 20.2. The summed E-state index contributed by atoms with van der Waals surface area (Å²) in [4.78, 5) is 53.3. The molecule has 0 saturated carbocycles. The number of benzene rings is 1. The number of carboxylic acids is 1. The van der Waals surface area contributed by atoms with Gasteiger partial charge in [-0.15, -0.1) is 11.8 Å². The van der Waals surface area contributed by atoms with Gasteiger partial charge in [-0.3, -0.25) is 19.3 Å². The van der Waals surface area contributed by atoms with Gasteiger partial charge in [-0.2, -0.15) is 0 Å². The van der Waals surface area contributed by atoms with Crippen molar-refractivity contribution in [1.29, 1.82) is 0 Å². The van der Waals surface area contributed by atoms with E-state index < -0.39 is 35.2 Å². The number of aliphatic carboxylic acids is 1. The lowest BCUT2D eigenvalue weighted by Gasteiger charge is -2.49. The number of carboxylic acid groups (broad SMARTS) is 1. The third-order valence-electron chi connectivity index (χ3n) is 4.39. The maximum Gasteiger partial charge on any atom is 0.352 e. The highest BCUT2D eigenvalue weighted by Crippen LogP contribution is 2.40. The zero-order valence-electron chi connectivity index (χ0n) is 16.2. The average Bonchev–Trinajstić information content (AvgIpc) is 2.73. The van der Waals surface area contributed by atoms with Crippen molar-refractivity contribution in [3.05, 3.63) is 46.1 Å². The van der Waals surface area contributed by atoms with Crippen molar-refractivity contribution in [2.24, 2.45) is 5.16 Å². The molecule has 10 nitrogen and oxygen atoms in total. The molecule has 2 heterocycles. The summed E-state index contributed by atoms with van der Waals surface area (Å²) in [6.45, 7) is 1.13. The number of carbonyl (C=O) groups is 4. The van der Waals surface area contributed by atoms with Crippen LogP contribution in [0.2, 0.25) is 5.02 Å². The van der Waals surface area contributed by atoms with Gasteiger partial charge in [0.05, 0.1) is 0 Å². The molecule has 1 fully saturated rings. The highest BCUT2D eigenvalue weighted by Gasteiger charge is 2.54. The Bertz CT molecular complexity index is 964. The number of hydrogen-bond donors (Lipinski definition) is 2. The highest BCUT2D eigenvalue weighted by atomic mass is 35.5. The van der Waals surface area contributed by atoms with Gasteiger partial charge in [0.25, 0.3) is 11.8 Å². The summed E-state index contributed by atoms with van der Waals surface area (Å²) in [5, 5.41) is 15.6. The molecule has 2 atom stereocenters. The minimum atomic E-state index is -1.30. The van der Waals surface area contributed by atoms with Crippen LogP contribution in [-0.4, -0.2) is 63.7 Å². The molecule has 164 valence electrons. The molecule has 2 amide bonds. The van der Waals surface area contributed by atoms with Gasteiger partial charge < -0.3 is 20.0 Å². The van der Waals surface area contributed by atoms with Crippen LogP contribution in [0.15, 0.2) is 40.7 Å². The quantitative estimate of drug-likeness (QED) is 0.251. The maximum absolute atomic E-state index is 12.5. The number of ether oxygens (including phenoxy) is 1. The van der Waals surface area contributed by atoms with E-state index in [1.54, 1.807) is 24.3 Å². The molecule has 0 aromatic heterocycles. The third-order valence-corrected chi connectivity index (χ3v) is 5.98. The average molecular weight is 468 g/mol. The molecular formula is C19H18ClN3O7S. The molecule has 2 aliphatic heterocycles. The fourth-order valence-corrected chi connectivity index (χ4v) is 4.40. The lowest BCUT2D eigenvalue weighted by Crippen LogP contribution is -2.70. The number of nitrogens with zero attached hydrogens (tertiary/aromatic N) is 2. The van der Waals surface area contributed by atoms with Gasteiger partial charge >= 0.3 is 11.9 Å². The van der Waals surface area contributed by atoms with Crippen LogP contribution in [0.4, 0.5) is 0 Å². The maximum atomic E-state index is 12.5. The Morgan fingerprint density at radius 3 is 2.68 bits per heavy atom. The van der Waals surface area contributed by atoms with Crippen molar-refractivity contribution in [2.75, 3.05) is 12.4 Å². The Balaban J connectivity index is 1.55. The van der Waals surface area contributed by atoms with Crippen LogP contribution >= 0.6 is 23.4 Å². The number of rotatable bonds is 8. The molecule has 2 aliphatic rings. The smallest absolute Gasteiger partial charge is 0.352 e. The Morgan fingerprint density at radius 1 is 1.32 bits per heavy atom. The Kier molecular flexibility index (Phi) is 7.18. The van der Waals surface area contributed by atoms with Crippen molar-refractivity contribution in [3.63, 3.8) is 0 Å². The van der Waals surface area contributed by atoms with Crippen molar-refractivity contribution in [3.8, 4) is 0 Å². The zero-order valence-corrected chi connectivity index (χ0v) is 17.8. The lowest BCUT2D eigenvalue weighted by atomic mass is 10.0. The van der Waals surface area contributed by atoms with Gasteiger partial charge in [0.2, 0.25) is 0 Å². The lowest BCUT2D eigenvalue weighted by molar-refractivity contribution is -0.150. The Morgan fingerprint density at radius 2 is 2.03 bits per heavy atom. The molecule has 31 heavy (non-hydrogen) atoms. The second-order valence-corrected chi connectivity index (χ2v) is 8.11. The minimum Gasteiger partial charge on any atom is -0.477 e. The number of oxime groups is 1. The Labute approximate surface area is 186 Å². The second kappa shape index (κ2) is 9.84. The molecule has 0 unspecified atom stereocenters. The summed E-state index contributed by atoms with van der Waals surface area (Å²) in [6, 6.07) is 6.00. The number of nitrogens with one attached hydrogen (secondary N) is 1. The van der Waals surface area contributed by atoms with E-state index in [9.17, 15) is 24.3 Å². The number of hydrogen-bond acceptors (Lipinski definition) is 8. The fourth-order valence-electron chi connectivity index (χ4n) is 2.95. The molecule has 1 saturated heterocycles. The third kappa shape index (κ3) is 5.36. The molecule has 0 spiro atoms. The highest BCUT2D eigenvalue weighted by molar-refractivity contribution is 8.00. The van der Waals surface area contributed by atoms with Crippen LogP contribution in [0.25, 0.3) is 0 Å². The van der Waals surface area contributed by atoms with Crippen LogP contribution in [0.3, 0.4) is 0 Å². The standard InChI is InChI=1S/C19H18ClN3O7S/c1-10(24)29-8-12-9-31-18-15(17(26)23(18)16(12)19(27)28)22-14(25)6-21-30-7-11-2-4-13(20)5-3-11/h2-6,15,18H,7-9H2,1H3,(H,22,25)(H,27,28)/b21-6+/t15-,18-/m1/s1. The first-order chi connectivity index (χ1) is 14.8. The van der Waals surface area contributed by atoms with E-state index >= 15 is 0 Å². The molecule has 1 aromatic carbocycles. The number of amides is 2. The van der Waals surface area contributed by atoms with E-state index in [0.29, 0.717) is 10.6 Å². The predicted molar refractivity (Wildman–Crippen MR) is 111 cm³/mol. The number of thioether (sulfide) groups is 1. The van der Waals surface area contributed by atoms with E-state index in [1.807, 2.05) is 0 Å². The number of halogens is 1. The van der Waals surface area contributed by atoms with Gasteiger partial charge in [0.15, 0.2) is 0 Å². The molecule has 3 rings (SSSR count). The van der Waals surface area contributed by atoms with Crippen molar-refractivity contribution >= 4 is 53.3 Å². The summed E-state index contributed by atoms with van der Waals surface area (Å²) < 4.78 is 4.87. The summed E-state index contributed by atoms with van der Waals surface area (Å²) in [5.41, 5.74) is 0.905. The molecular weight excluding hydrogens is 450 g/mol. The van der Waals surface area contributed by atoms with Crippen molar-refractivity contribution < 1.29 is 33.9 Å². The van der Waals surface area contributed by atoms with Crippen LogP contribution in [0, 0.1) is 0 Å². The zero-order chi connectivity index (χ0) is 22.5. The first-order valence-electron chi connectivity index (χ1n) is 9.01. The minimum absolute atomic E-state index is 0.132. The number of fused-ring (bicyclic) bond motifs is 1. The van der Waals surface area contributed by atoms with Gasteiger partial charge in [0.1, 0.15) is 36.5 Å². The Hall–Kier alpha value is -3.05. The van der Waals surface area contributed by atoms with Crippen LogP contribution in [0.1, 0.15) is 12.5 Å². The second-order valence-electron chi connectivity index (χ2n) is 6.57. The summed E-state index contributed by atoms with van der Waals surface area (Å²) in [6.07, 6.45) is 0.902. The van der Waals surface area contributed by atoms with Gasteiger partial charge in [0, 0.05) is 23.3 Å². The van der Waals surface area contributed by atoms with E-state index in [-0.39, 0.29) is 24.7 Å². The molecule has 0 radical (unpaired) electrons. The van der Waals surface area contributed by atoms with Gasteiger partial charge in [-0.1, -0.05) is 28.9 Å². The van der Waals surface area contributed by atoms with E-state index in [4.69, 9.17) is 21.2 Å². The van der Waals surface area contributed by atoms with Crippen LogP contribution in [-0.2, 0) is 35.4 Å². The largest absolute Gasteiger partial charge is 0.477 e. The molecule has 0 aliphatic carbocycles. The molecule has 2 N–H and O–H groups in total. The molecule has 1 aromatic rings. The summed E-state index contributed by atoms with van der Waals surface area (Å²) >= 11 is 7.06. The van der Waals surface area contributed by atoms with E-state index in [1.165, 1.54) is 18.7 Å². The SMILES string of the molecule is CC(=O)OCC1=C(C(=O)O)N2C(=O)[C@@H](NC(=O)/C=N/OCc3ccc(Cl)cc3)[C@H]2SC1. The van der Waals surface area contributed by atoms with Crippen molar-refractivity contribution in [2.45, 2.75) is 24.9 Å². The first-order valence-corrected chi connectivity index (χ1v) is 10.4.